The first-order valence-corrected chi connectivity index (χ1v) is 12.5. The molecule has 1 aromatic heterocycles. The molecule has 2 aromatic carbocycles. The van der Waals surface area contributed by atoms with E-state index in [1.807, 2.05) is 30.3 Å². The standard InChI is InChI=1S/C24H26N4O3S/c1-17-13-18-7-8-21(15-19(18)14-17)26-23-9-10-25-24(28-23)27-20-5-3-6-22(16-20)31-11-4-12-32(2,29)30/h3,5-10,14-16H,4,11-13H2,1-2H3,(H2,25,26,27,28). The van der Waals surface area contributed by atoms with Gasteiger partial charge in [0.2, 0.25) is 5.95 Å². The number of allylic oxidation sites excluding steroid dienone is 1. The fourth-order valence-electron chi connectivity index (χ4n) is 3.53. The van der Waals surface area contributed by atoms with E-state index in [0.717, 1.165) is 17.8 Å². The Bertz CT molecular complexity index is 1260. The van der Waals surface area contributed by atoms with Crippen LogP contribution in [0.2, 0.25) is 0 Å². The predicted octanol–water partition coefficient (Wildman–Crippen LogP) is 4.74. The normalized spacial score (nSPS) is 12.8. The van der Waals surface area contributed by atoms with E-state index in [0.29, 0.717) is 30.5 Å². The molecule has 4 rings (SSSR count). The molecule has 7 nitrogen and oxygen atoms in total. The third-order valence-electron chi connectivity index (χ3n) is 4.96. The lowest BCUT2D eigenvalue weighted by Crippen LogP contribution is -2.08. The van der Waals surface area contributed by atoms with Gasteiger partial charge in [0, 0.05) is 29.9 Å². The molecule has 0 amide bonds. The van der Waals surface area contributed by atoms with Gasteiger partial charge in [-0.1, -0.05) is 23.8 Å². The highest BCUT2D eigenvalue weighted by Crippen LogP contribution is 2.28. The minimum absolute atomic E-state index is 0.110. The van der Waals surface area contributed by atoms with Gasteiger partial charge in [-0.25, -0.2) is 13.4 Å². The van der Waals surface area contributed by atoms with Crippen molar-refractivity contribution in [3.05, 3.63) is 71.4 Å². The van der Waals surface area contributed by atoms with Crippen molar-refractivity contribution in [3.8, 4) is 5.75 Å². The number of anilines is 4. The molecular formula is C24H26N4O3S. The molecule has 0 atom stereocenters. The van der Waals surface area contributed by atoms with E-state index in [-0.39, 0.29) is 5.75 Å². The lowest BCUT2D eigenvalue weighted by Gasteiger charge is -2.11. The summed E-state index contributed by atoms with van der Waals surface area (Å²) in [5, 5.41) is 6.52. The Labute approximate surface area is 188 Å². The number of nitrogens with zero attached hydrogens (tertiary/aromatic N) is 2. The van der Waals surface area contributed by atoms with Crippen molar-refractivity contribution in [1.29, 1.82) is 0 Å². The maximum absolute atomic E-state index is 11.2. The van der Waals surface area contributed by atoms with Crippen molar-refractivity contribution in [1.82, 2.24) is 9.97 Å². The summed E-state index contributed by atoms with van der Waals surface area (Å²) in [6.45, 7) is 2.48. The van der Waals surface area contributed by atoms with E-state index < -0.39 is 9.84 Å². The van der Waals surface area contributed by atoms with Crippen LogP contribution in [0, 0.1) is 0 Å². The van der Waals surface area contributed by atoms with Crippen LogP contribution in [0.1, 0.15) is 24.5 Å². The molecule has 2 N–H and O–H groups in total. The molecule has 0 saturated heterocycles. The van der Waals surface area contributed by atoms with Crippen LogP contribution in [0.15, 0.2) is 60.3 Å². The molecule has 0 unspecified atom stereocenters. The molecule has 0 bridgehead atoms. The summed E-state index contributed by atoms with van der Waals surface area (Å²) < 4.78 is 28.1. The maximum Gasteiger partial charge on any atom is 0.229 e. The Morgan fingerprint density at radius 2 is 1.91 bits per heavy atom. The third-order valence-corrected chi connectivity index (χ3v) is 5.99. The number of hydrogen-bond donors (Lipinski definition) is 2. The van der Waals surface area contributed by atoms with Crippen molar-refractivity contribution in [2.45, 2.75) is 19.8 Å². The highest BCUT2D eigenvalue weighted by molar-refractivity contribution is 7.90. The van der Waals surface area contributed by atoms with E-state index in [4.69, 9.17) is 4.74 Å². The molecule has 3 aromatic rings. The van der Waals surface area contributed by atoms with Crippen LogP contribution < -0.4 is 15.4 Å². The molecule has 0 aliphatic heterocycles. The lowest BCUT2D eigenvalue weighted by atomic mass is 10.1. The van der Waals surface area contributed by atoms with Crippen molar-refractivity contribution in [2.24, 2.45) is 0 Å². The second-order valence-electron chi connectivity index (χ2n) is 7.96. The van der Waals surface area contributed by atoms with Crippen LogP contribution in [0.5, 0.6) is 5.75 Å². The SMILES string of the molecule is CC1=Cc2cc(Nc3ccnc(Nc4cccc(OCCCS(C)(=O)=O)c4)n3)ccc2C1. The van der Waals surface area contributed by atoms with E-state index in [1.165, 1.54) is 23.0 Å². The number of hydrogen-bond acceptors (Lipinski definition) is 7. The summed E-state index contributed by atoms with van der Waals surface area (Å²) in [7, 11) is -2.98. The monoisotopic (exact) mass is 450 g/mol. The third kappa shape index (κ3) is 6.07. The summed E-state index contributed by atoms with van der Waals surface area (Å²) in [5.74, 6) is 1.91. The molecular weight excluding hydrogens is 424 g/mol. The van der Waals surface area contributed by atoms with E-state index >= 15 is 0 Å². The van der Waals surface area contributed by atoms with Crippen molar-refractivity contribution in [2.75, 3.05) is 29.2 Å². The Morgan fingerprint density at radius 1 is 1.06 bits per heavy atom. The molecule has 0 spiro atoms. The number of rotatable bonds is 9. The van der Waals surface area contributed by atoms with Crippen LogP contribution in [0.25, 0.3) is 6.08 Å². The zero-order chi connectivity index (χ0) is 22.6. The van der Waals surface area contributed by atoms with Crippen molar-refractivity contribution >= 4 is 39.1 Å². The Hall–Kier alpha value is -3.39. The maximum atomic E-state index is 11.2. The summed E-state index contributed by atoms with van der Waals surface area (Å²) in [6.07, 6.45) is 6.59. The van der Waals surface area contributed by atoms with E-state index in [1.54, 1.807) is 6.20 Å². The fraction of sp³-hybridized carbons (Fsp3) is 0.250. The first kappa shape index (κ1) is 21.8. The molecule has 0 saturated carbocycles. The zero-order valence-electron chi connectivity index (χ0n) is 18.1. The van der Waals surface area contributed by atoms with Crippen molar-refractivity contribution in [3.63, 3.8) is 0 Å². The zero-order valence-corrected chi connectivity index (χ0v) is 18.9. The van der Waals surface area contributed by atoms with Crippen LogP contribution in [0.3, 0.4) is 0 Å². The van der Waals surface area contributed by atoms with Crippen LogP contribution in [-0.2, 0) is 16.3 Å². The smallest absolute Gasteiger partial charge is 0.229 e. The fourth-order valence-corrected chi connectivity index (χ4v) is 4.17. The summed E-state index contributed by atoms with van der Waals surface area (Å²) in [5.41, 5.74) is 5.71. The summed E-state index contributed by atoms with van der Waals surface area (Å²) >= 11 is 0. The molecule has 8 heteroatoms. The molecule has 166 valence electrons. The van der Waals surface area contributed by atoms with Crippen LogP contribution in [-0.4, -0.2) is 37.0 Å². The van der Waals surface area contributed by atoms with E-state index in [9.17, 15) is 8.42 Å². The minimum Gasteiger partial charge on any atom is -0.493 e. The average molecular weight is 451 g/mol. The molecule has 0 radical (unpaired) electrons. The van der Waals surface area contributed by atoms with Crippen LogP contribution in [0.4, 0.5) is 23.1 Å². The van der Waals surface area contributed by atoms with Gasteiger partial charge in [-0.3, -0.25) is 0 Å². The highest BCUT2D eigenvalue weighted by atomic mass is 32.2. The topological polar surface area (TPSA) is 93.2 Å². The lowest BCUT2D eigenvalue weighted by molar-refractivity contribution is 0.318. The molecule has 1 aliphatic rings. The summed E-state index contributed by atoms with van der Waals surface area (Å²) in [4.78, 5) is 8.84. The second-order valence-corrected chi connectivity index (χ2v) is 10.2. The molecule has 1 aliphatic carbocycles. The highest BCUT2D eigenvalue weighted by Gasteiger charge is 2.10. The van der Waals surface area contributed by atoms with Crippen molar-refractivity contribution < 1.29 is 13.2 Å². The number of fused-ring (bicyclic) bond motifs is 1. The average Bonchev–Trinajstić information content (AvgIpc) is 3.10. The van der Waals surface area contributed by atoms with Gasteiger partial charge in [-0.15, -0.1) is 0 Å². The van der Waals surface area contributed by atoms with Gasteiger partial charge < -0.3 is 15.4 Å². The number of benzene rings is 2. The van der Waals surface area contributed by atoms with Gasteiger partial charge in [0.25, 0.3) is 0 Å². The number of ether oxygens (including phenoxy) is 1. The largest absolute Gasteiger partial charge is 0.493 e. The summed E-state index contributed by atoms with van der Waals surface area (Å²) in [6, 6.07) is 15.6. The molecule has 0 fully saturated rings. The van der Waals surface area contributed by atoms with Gasteiger partial charge in [0.1, 0.15) is 21.4 Å². The number of sulfone groups is 1. The Balaban J connectivity index is 1.38. The van der Waals surface area contributed by atoms with Gasteiger partial charge >= 0.3 is 0 Å². The minimum atomic E-state index is -2.98. The quantitative estimate of drug-likeness (QED) is 0.455. The van der Waals surface area contributed by atoms with Gasteiger partial charge in [-0.2, -0.15) is 4.98 Å². The van der Waals surface area contributed by atoms with Gasteiger partial charge in [-0.05, 0) is 61.2 Å². The Kier molecular flexibility index (Phi) is 6.41. The molecule has 1 heterocycles. The first-order chi connectivity index (χ1) is 15.3. The first-order valence-electron chi connectivity index (χ1n) is 10.4. The van der Waals surface area contributed by atoms with Crippen LogP contribution >= 0.6 is 0 Å². The number of aromatic nitrogens is 2. The van der Waals surface area contributed by atoms with Gasteiger partial charge in [0.15, 0.2) is 0 Å². The predicted molar refractivity (Wildman–Crippen MR) is 129 cm³/mol. The van der Waals surface area contributed by atoms with Gasteiger partial charge in [0.05, 0.1) is 12.4 Å². The van der Waals surface area contributed by atoms with E-state index in [2.05, 4.69) is 51.8 Å². The second kappa shape index (κ2) is 9.40. The Morgan fingerprint density at radius 3 is 2.75 bits per heavy atom. The molecule has 32 heavy (non-hydrogen) atoms. The number of nitrogens with one attached hydrogen (secondary N) is 2.